The largest absolute Gasteiger partial charge is 0.416 e. The number of amidine groups is 1. The number of nitrogen functional groups attached to an aromatic ring is 1. The van der Waals surface area contributed by atoms with Crippen molar-refractivity contribution in [2.24, 2.45) is 5.73 Å². The summed E-state index contributed by atoms with van der Waals surface area (Å²) >= 11 is 3.73. The number of rotatable bonds is 4. The second-order valence-corrected chi connectivity index (χ2v) is 8.75. The number of thiophene rings is 1. The average Bonchev–Trinajstić information content (AvgIpc) is 3.26. The molecule has 154 valence electrons. The number of benzene rings is 1. The molecular weight excluding hydrogens is 456 g/mol. The first kappa shape index (κ1) is 21.7. The van der Waals surface area contributed by atoms with E-state index in [0.29, 0.717) is 27.6 Å². The minimum Gasteiger partial charge on any atom is -0.383 e. The minimum absolute atomic E-state index is 0.00391. The van der Waals surface area contributed by atoms with Crippen molar-refractivity contribution in [1.82, 2.24) is 4.98 Å². The van der Waals surface area contributed by atoms with Crippen molar-refractivity contribution in [3.8, 4) is 21.8 Å². The SMILES string of the molecule is CSc1sc(C(=N)N)cc1-c1nc(-c2cc(C(F)(F)F)cc(C(F)(F)F)c2)cs1. The van der Waals surface area contributed by atoms with E-state index >= 15 is 0 Å². The van der Waals surface area contributed by atoms with Gasteiger partial charge in [0, 0.05) is 16.5 Å². The number of halogens is 6. The van der Waals surface area contributed by atoms with E-state index in [0.717, 1.165) is 15.5 Å². The van der Waals surface area contributed by atoms with Crippen LogP contribution in [0, 0.1) is 5.41 Å². The highest BCUT2D eigenvalue weighted by Gasteiger charge is 2.37. The van der Waals surface area contributed by atoms with E-state index in [-0.39, 0.29) is 23.2 Å². The fourth-order valence-corrected chi connectivity index (χ4v) is 5.15. The van der Waals surface area contributed by atoms with Crippen molar-refractivity contribution in [3.05, 3.63) is 45.6 Å². The minimum atomic E-state index is -4.93. The third-order valence-corrected chi connectivity index (χ3v) is 6.95. The molecule has 0 aliphatic rings. The molecule has 2 heterocycles. The number of thiazole rings is 1. The van der Waals surface area contributed by atoms with Gasteiger partial charge in [0.2, 0.25) is 0 Å². The van der Waals surface area contributed by atoms with Crippen LogP contribution in [0.15, 0.2) is 33.9 Å². The molecule has 0 saturated carbocycles. The lowest BCUT2D eigenvalue weighted by atomic mass is 10.0. The lowest BCUT2D eigenvalue weighted by Gasteiger charge is -2.13. The van der Waals surface area contributed by atoms with Crippen molar-refractivity contribution in [1.29, 1.82) is 5.41 Å². The molecule has 1 aromatic carbocycles. The molecule has 3 N–H and O–H groups in total. The topological polar surface area (TPSA) is 62.8 Å². The quantitative estimate of drug-likeness (QED) is 0.197. The van der Waals surface area contributed by atoms with Gasteiger partial charge in [-0.2, -0.15) is 26.3 Å². The first-order valence-electron chi connectivity index (χ1n) is 7.68. The molecule has 0 saturated heterocycles. The number of nitrogens with one attached hydrogen (secondary N) is 1. The van der Waals surface area contributed by atoms with Crippen LogP contribution in [-0.4, -0.2) is 17.1 Å². The van der Waals surface area contributed by atoms with E-state index in [1.54, 1.807) is 12.3 Å². The van der Waals surface area contributed by atoms with Crippen LogP contribution in [0.4, 0.5) is 26.3 Å². The predicted molar refractivity (Wildman–Crippen MR) is 104 cm³/mol. The third kappa shape index (κ3) is 4.59. The first-order chi connectivity index (χ1) is 13.4. The molecule has 3 nitrogen and oxygen atoms in total. The maximum atomic E-state index is 13.1. The number of aromatic nitrogens is 1. The Morgan fingerprint density at radius 3 is 2.10 bits per heavy atom. The molecule has 0 spiro atoms. The van der Waals surface area contributed by atoms with Gasteiger partial charge >= 0.3 is 12.4 Å². The summed E-state index contributed by atoms with van der Waals surface area (Å²) in [7, 11) is 0. The summed E-state index contributed by atoms with van der Waals surface area (Å²) in [6.07, 6.45) is -8.05. The van der Waals surface area contributed by atoms with Gasteiger partial charge in [-0.05, 0) is 30.5 Å². The van der Waals surface area contributed by atoms with Gasteiger partial charge in [0.1, 0.15) is 10.8 Å². The lowest BCUT2D eigenvalue weighted by molar-refractivity contribution is -0.143. The molecular formula is C17H11F6N3S3. The number of alkyl halides is 6. The van der Waals surface area contributed by atoms with Crippen LogP contribution in [0.5, 0.6) is 0 Å². The molecule has 0 aliphatic heterocycles. The molecule has 0 unspecified atom stereocenters. The molecule has 2 aromatic heterocycles. The van der Waals surface area contributed by atoms with Gasteiger partial charge in [-0.25, -0.2) is 4.98 Å². The van der Waals surface area contributed by atoms with Gasteiger partial charge in [-0.15, -0.1) is 34.4 Å². The highest BCUT2D eigenvalue weighted by molar-refractivity contribution is 8.00. The van der Waals surface area contributed by atoms with E-state index in [2.05, 4.69) is 4.98 Å². The number of hydrogen-bond donors (Lipinski definition) is 2. The Bertz CT molecular complexity index is 1030. The predicted octanol–water partition coefficient (Wildman–Crippen LogP) is 6.58. The molecule has 0 fully saturated rings. The Balaban J connectivity index is 2.10. The zero-order valence-electron chi connectivity index (χ0n) is 14.4. The fourth-order valence-electron chi connectivity index (χ4n) is 2.44. The van der Waals surface area contributed by atoms with E-state index in [1.807, 2.05) is 0 Å². The molecule has 0 atom stereocenters. The van der Waals surface area contributed by atoms with Crippen molar-refractivity contribution < 1.29 is 26.3 Å². The van der Waals surface area contributed by atoms with Crippen LogP contribution < -0.4 is 5.73 Å². The summed E-state index contributed by atoms with van der Waals surface area (Å²) in [5.41, 5.74) is 3.07. The summed E-state index contributed by atoms with van der Waals surface area (Å²) in [6.45, 7) is 0. The summed E-state index contributed by atoms with van der Waals surface area (Å²) in [5, 5.41) is 9.35. The Hall–Kier alpha value is -2.05. The number of thioether (sulfide) groups is 1. The third-order valence-electron chi connectivity index (χ3n) is 3.77. The molecule has 3 rings (SSSR count). The summed E-state index contributed by atoms with van der Waals surface area (Å²) in [4.78, 5) is 4.74. The van der Waals surface area contributed by atoms with Gasteiger partial charge < -0.3 is 5.73 Å². The van der Waals surface area contributed by atoms with Crippen LogP contribution in [0.2, 0.25) is 0 Å². The molecule has 3 aromatic rings. The number of nitrogens with two attached hydrogens (primary N) is 1. The average molecular weight is 467 g/mol. The monoisotopic (exact) mass is 467 g/mol. The standard InChI is InChI=1S/C17H11F6N3S3/c1-27-15-10(5-12(29-15)13(24)25)14-26-11(6-28-14)7-2-8(16(18,19)20)4-9(3-7)17(21,22)23/h2-6H,1H3,(H3,24,25). The Morgan fingerprint density at radius 2 is 1.62 bits per heavy atom. The van der Waals surface area contributed by atoms with Gasteiger partial charge in [-0.3, -0.25) is 5.41 Å². The van der Waals surface area contributed by atoms with Crippen LogP contribution in [0.25, 0.3) is 21.8 Å². The van der Waals surface area contributed by atoms with Gasteiger partial charge in [0.05, 0.1) is 25.9 Å². The zero-order chi connectivity index (χ0) is 21.6. The molecule has 0 aliphatic carbocycles. The summed E-state index contributed by atoms with van der Waals surface area (Å²) < 4.78 is 79.3. The summed E-state index contributed by atoms with van der Waals surface area (Å²) in [6, 6.07) is 3.02. The van der Waals surface area contributed by atoms with Crippen molar-refractivity contribution in [2.75, 3.05) is 6.26 Å². The smallest absolute Gasteiger partial charge is 0.383 e. The molecule has 0 amide bonds. The highest BCUT2D eigenvalue weighted by Crippen LogP contribution is 2.42. The maximum Gasteiger partial charge on any atom is 0.416 e. The van der Waals surface area contributed by atoms with Crippen LogP contribution in [-0.2, 0) is 12.4 Å². The van der Waals surface area contributed by atoms with Crippen molar-refractivity contribution >= 4 is 40.3 Å². The van der Waals surface area contributed by atoms with Gasteiger partial charge in [0.15, 0.2) is 0 Å². The van der Waals surface area contributed by atoms with Gasteiger partial charge in [-0.1, -0.05) is 0 Å². The molecule has 0 bridgehead atoms. The highest BCUT2D eigenvalue weighted by atomic mass is 32.2. The second kappa shape index (κ2) is 7.65. The molecule has 12 heteroatoms. The number of hydrogen-bond acceptors (Lipinski definition) is 5. The molecule has 29 heavy (non-hydrogen) atoms. The van der Waals surface area contributed by atoms with Crippen molar-refractivity contribution in [2.45, 2.75) is 16.6 Å². The van der Waals surface area contributed by atoms with E-state index in [1.165, 1.54) is 28.5 Å². The van der Waals surface area contributed by atoms with E-state index in [9.17, 15) is 26.3 Å². The second-order valence-electron chi connectivity index (χ2n) is 5.76. The first-order valence-corrected chi connectivity index (χ1v) is 10.6. The van der Waals surface area contributed by atoms with Crippen LogP contribution in [0.3, 0.4) is 0 Å². The van der Waals surface area contributed by atoms with Crippen molar-refractivity contribution in [3.63, 3.8) is 0 Å². The lowest BCUT2D eigenvalue weighted by Crippen LogP contribution is -2.11. The van der Waals surface area contributed by atoms with Gasteiger partial charge in [0.25, 0.3) is 0 Å². The number of nitrogens with zero attached hydrogens (tertiary/aromatic N) is 1. The van der Waals surface area contributed by atoms with Crippen LogP contribution in [0.1, 0.15) is 16.0 Å². The molecule has 0 radical (unpaired) electrons. The normalized spacial score (nSPS) is 12.4. The summed E-state index contributed by atoms with van der Waals surface area (Å²) in [5.74, 6) is -0.138. The maximum absolute atomic E-state index is 13.1. The Kier molecular flexibility index (Phi) is 5.71. The van der Waals surface area contributed by atoms with E-state index < -0.39 is 23.5 Å². The van der Waals surface area contributed by atoms with E-state index in [4.69, 9.17) is 11.1 Å². The van der Waals surface area contributed by atoms with Crippen LogP contribution >= 0.6 is 34.4 Å². The Morgan fingerprint density at radius 1 is 1.03 bits per heavy atom. The Labute approximate surface area is 173 Å². The zero-order valence-corrected chi connectivity index (χ0v) is 16.9. The fraction of sp³-hybridized carbons (Fsp3) is 0.176.